The smallest absolute Gasteiger partial charge is 0.147 e. The van der Waals surface area contributed by atoms with Crippen molar-refractivity contribution in [2.75, 3.05) is 6.61 Å². The molecule has 0 aliphatic rings. The Balaban J connectivity index is 2.27. The molecular weight excluding hydrogens is 260 g/mol. The molecule has 0 aromatic heterocycles. The average Bonchev–Trinajstić information content (AvgIpc) is 2.46. The van der Waals surface area contributed by atoms with Gasteiger partial charge in [0.1, 0.15) is 10.7 Å². The summed E-state index contributed by atoms with van der Waals surface area (Å²) in [7, 11) is -2.57. The summed E-state index contributed by atoms with van der Waals surface area (Å²) in [6.45, 7) is -0.131. The van der Waals surface area contributed by atoms with Crippen molar-refractivity contribution < 1.29 is 13.5 Å². The summed E-state index contributed by atoms with van der Waals surface area (Å²) >= 11 is 0. The van der Waals surface area contributed by atoms with Crippen LogP contribution in [-0.2, 0) is 10.7 Å². The van der Waals surface area contributed by atoms with Crippen molar-refractivity contribution in [3.63, 3.8) is 0 Å². The minimum Gasteiger partial charge on any atom is -0.396 e. The largest absolute Gasteiger partial charge is 0.396 e. The number of hydrogen-bond donors (Lipinski definition) is 2. The van der Waals surface area contributed by atoms with E-state index in [1.165, 1.54) is 0 Å². The number of aliphatic hydroxyl groups excluding tert-OH is 1. The van der Waals surface area contributed by atoms with Crippen LogP contribution in [0.15, 0.2) is 54.6 Å². The van der Waals surface area contributed by atoms with Crippen molar-refractivity contribution in [2.45, 2.75) is 11.7 Å². The molecule has 0 spiro atoms. The maximum absolute atomic E-state index is 11.2. The molecule has 0 amide bonds. The second-order valence-electron chi connectivity index (χ2n) is 4.30. The molecule has 0 saturated heterocycles. The molecule has 0 bridgehead atoms. The second-order valence-corrected chi connectivity index (χ2v) is 5.50. The Bertz CT molecular complexity index is 581. The Kier molecular flexibility index (Phi) is 4.71. The van der Waals surface area contributed by atoms with Gasteiger partial charge in [-0.3, -0.25) is 0 Å². The Morgan fingerprint density at radius 3 is 2.00 bits per heavy atom. The molecule has 1 atom stereocenters. The Hall–Kier alpha value is -1.65. The lowest BCUT2D eigenvalue weighted by Crippen LogP contribution is -2.03. The van der Waals surface area contributed by atoms with Crippen molar-refractivity contribution in [1.29, 1.82) is 0 Å². The van der Waals surface area contributed by atoms with Gasteiger partial charge in [-0.25, -0.2) is 8.42 Å². The van der Waals surface area contributed by atoms with Gasteiger partial charge in [-0.2, -0.15) is 0 Å². The van der Waals surface area contributed by atoms with Gasteiger partial charge < -0.3 is 5.11 Å². The normalized spacial score (nSPS) is 12.5. The second kappa shape index (κ2) is 6.50. The Morgan fingerprint density at radius 2 is 1.47 bits per heavy atom. The molecule has 0 saturated carbocycles. The van der Waals surface area contributed by atoms with Gasteiger partial charge in [0.05, 0.1) is 5.25 Å². The zero-order valence-corrected chi connectivity index (χ0v) is 11.3. The van der Waals surface area contributed by atoms with Crippen LogP contribution in [0.2, 0.25) is 0 Å². The van der Waals surface area contributed by atoms with E-state index in [9.17, 15) is 8.42 Å². The van der Waals surface area contributed by atoms with Crippen LogP contribution in [0.5, 0.6) is 0 Å². The van der Waals surface area contributed by atoms with Crippen LogP contribution in [0.1, 0.15) is 17.2 Å². The zero-order valence-electron chi connectivity index (χ0n) is 10.4. The van der Waals surface area contributed by atoms with Crippen LogP contribution in [-0.4, -0.2) is 20.1 Å². The maximum Gasteiger partial charge on any atom is 0.147 e. The fourth-order valence-corrected chi connectivity index (χ4v) is 2.79. The van der Waals surface area contributed by atoms with Crippen LogP contribution in [0.25, 0.3) is 11.1 Å². The summed E-state index contributed by atoms with van der Waals surface area (Å²) in [5.41, 5.74) is 2.87. The van der Waals surface area contributed by atoms with Gasteiger partial charge in [-0.05, 0) is 23.1 Å². The van der Waals surface area contributed by atoms with Crippen molar-refractivity contribution >= 4 is 10.7 Å². The summed E-state index contributed by atoms with van der Waals surface area (Å²) < 4.78 is 22.3. The lowest BCUT2D eigenvalue weighted by molar-refractivity contribution is 0.286. The van der Waals surface area contributed by atoms with Crippen LogP contribution in [0.3, 0.4) is 0 Å². The number of thiol groups is 1. The lowest BCUT2D eigenvalue weighted by Gasteiger charge is -2.10. The topological polar surface area (TPSA) is 54.4 Å². The van der Waals surface area contributed by atoms with Gasteiger partial charge in [-0.1, -0.05) is 54.6 Å². The minimum absolute atomic E-state index is 0.131. The van der Waals surface area contributed by atoms with Crippen molar-refractivity contribution in [1.82, 2.24) is 0 Å². The van der Waals surface area contributed by atoms with Gasteiger partial charge in [0, 0.05) is 6.61 Å². The van der Waals surface area contributed by atoms with Gasteiger partial charge in [0.25, 0.3) is 0 Å². The minimum atomic E-state index is -2.57. The molecule has 3 nitrogen and oxygen atoms in total. The van der Waals surface area contributed by atoms with E-state index in [0.29, 0.717) is 0 Å². The monoisotopic (exact) mass is 276 g/mol. The summed E-state index contributed by atoms with van der Waals surface area (Å²) in [5.74, 6) is 0. The first-order valence-corrected chi connectivity index (χ1v) is 7.37. The van der Waals surface area contributed by atoms with Gasteiger partial charge in [0.15, 0.2) is 0 Å². The Morgan fingerprint density at radius 1 is 0.895 bits per heavy atom. The first kappa shape index (κ1) is 13.8. The van der Waals surface area contributed by atoms with E-state index >= 15 is 0 Å². The fraction of sp³-hybridized carbons (Fsp3) is 0.200. The SMILES string of the molecule is O=[SH](=O)C(CCO)c1ccc(-c2ccccc2)cc1. The maximum atomic E-state index is 11.2. The van der Waals surface area contributed by atoms with Crippen LogP contribution in [0, 0.1) is 0 Å². The molecule has 19 heavy (non-hydrogen) atoms. The van der Waals surface area contributed by atoms with Crippen LogP contribution in [0.4, 0.5) is 0 Å². The molecule has 0 heterocycles. The van der Waals surface area contributed by atoms with Gasteiger partial charge >= 0.3 is 0 Å². The van der Waals surface area contributed by atoms with Crippen molar-refractivity contribution in [3.05, 3.63) is 60.2 Å². The summed E-state index contributed by atoms with van der Waals surface area (Å²) in [6, 6.07) is 17.3. The van der Waals surface area contributed by atoms with E-state index in [1.807, 2.05) is 54.6 Å². The predicted molar refractivity (Wildman–Crippen MR) is 76.6 cm³/mol. The highest BCUT2D eigenvalue weighted by molar-refractivity contribution is 7.72. The highest BCUT2D eigenvalue weighted by Crippen LogP contribution is 2.24. The molecule has 0 aliphatic carbocycles. The highest BCUT2D eigenvalue weighted by atomic mass is 32.2. The molecule has 0 radical (unpaired) electrons. The summed E-state index contributed by atoms with van der Waals surface area (Å²) in [5, 5.41) is 8.31. The van der Waals surface area contributed by atoms with Crippen LogP contribution < -0.4 is 0 Å². The quantitative estimate of drug-likeness (QED) is 0.824. The average molecular weight is 276 g/mol. The molecule has 2 rings (SSSR count). The van der Waals surface area contributed by atoms with E-state index in [-0.39, 0.29) is 13.0 Å². The predicted octanol–water partition coefficient (Wildman–Crippen LogP) is 2.39. The third-order valence-corrected chi connectivity index (χ3v) is 4.12. The zero-order chi connectivity index (χ0) is 13.7. The van der Waals surface area contributed by atoms with E-state index in [0.717, 1.165) is 16.7 Å². The molecule has 2 aromatic rings. The molecule has 2 aromatic carbocycles. The standard InChI is InChI=1S/C15H16O3S/c16-11-10-15(19(17)18)14-8-6-13(7-9-14)12-4-2-1-3-5-12/h1-9,15-16,19H,10-11H2. The first-order chi connectivity index (χ1) is 9.22. The Labute approximate surface area is 114 Å². The van der Waals surface area contributed by atoms with E-state index in [4.69, 9.17) is 5.11 Å². The summed E-state index contributed by atoms with van der Waals surface area (Å²) in [4.78, 5) is 0. The van der Waals surface area contributed by atoms with Crippen molar-refractivity contribution in [2.24, 2.45) is 0 Å². The highest BCUT2D eigenvalue weighted by Gasteiger charge is 2.13. The molecule has 1 unspecified atom stereocenters. The summed E-state index contributed by atoms with van der Waals surface area (Å²) in [6.07, 6.45) is 0.239. The van der Waals surface area contributed by atoms with Gasteiger partial charge in [0.2, 0.25) is 0 Å². The molecular formula is C15H16O3S. The molecule has 0 aliphatic heterocycles. The van der Waals surface area contributed by atoms with E-state index in [1.54, 1.807) is 0 Å². The van der Waals surface area contributed by atoms with E-state index < -0.39 is 16.0 Å². The van der Waals surface area contributed by atoms with Crippen molar-refractivity contribution in [3.8, 4) is 11.1 Å². The first-order valence-electron chi connectivity index (χ1n) is 6.12. The van der Waals surface area contributed by atoms with Gasteiger partial charge in [-0.15, -0.1) is 0 Å². The van der Waals surface area contributed by atoms with Crippen LogP contribution >= 0.6 is 0 Å². The number of hydrogen-bond acceptors (Lipinski definition) is 3. The molecule has 100 valence electrons. The number of benzene rings is 2. The third-order valence-electron chi connectivity index (χ3n) is 3.06. The lowest BCUT2D eigenvalue weighted by atomic mass is 10.0. The third kappa shape index (κ3) is 3.43. The van der Waals surface area contributed by atoms with E-state index in [2.05, 4.69) is 0 Å². The fourth-order valence-electron chi connectivity index (χ4n) is 2.04. The molecule has 4 heteroatoms. The molecule has 0 fully saturated rings. The number of aliphatic hydroxyl groups is 1. The number of rotatable bonds is 5. The molecule has 1 N–H and O–H groups in total.